The Morgan fingerprint density at radius 1 is 1.19 bits per heavy atom. The number of benzene rings is 1. The van der Waals surface area contributed by atoms with E-state index in [0.717, 1.165) is 50.4 Å². The number of carbonyl (C=O) groups is 1. The van der Waals surface area contributed by atoms with Crippen molar-refractivity contribution in [2.75, 3.05) is 33.3 Å². The Morgan fingerprint density at radius 2 is 1.85 bits per heavy atom. The van der Waals surface area contributed by atoms with Crippen LogP contribution in [0.5, 0.6) is 0 Å². The number of nitrogens with one attached hydrogen (secondary N) is 1. The van der Waals surface area contributed by atoms with Crippen LogP contribution >= 0.6 is 0 Å². The molecule has 142 valence electrons. The normalized spacial score (nSPS) is 22.8. The number of hydrogen-bond acceptors (Lipinski definition) is 3. The van der Waals surface area contributed by atoms with Gasteiger partial charge in [-0.25, -0.2) is 4.79 Å². The van der Waals surface area contributed by atoms with Crippen molar-refractivity contribution in [3.63, 3.8) is 0 Å². The summed E-state index contributed by atoms with van der Waals surface area (Å²) in [6.45, 7) is 6.10. The minimum atomic E-state index is -0.292. The van der Waals surface area contributed by atoms with Crippen LogP contribution in [-0.2, 0) is 11.2 Å². The summed E-state index contributed by atoms with van der Waals surface area (Å²) in [4.78, 5) is 18.8. The fourth-order valence-corrected chi connectivity index (χ4v) is 4.22. The molecule has 1 heterocycles. The van der Waals surface area contributed by atoms with Crippen molar-refractivity contribution in [1.29, 1.82) is 0 Å². The monoisotopic (exact) mass is 357 g/mol. The van der Waals surface area contributed by atoms with E-state index in [0.29, 0.717) is 5.56 Å². The van der Waals surface area contributed by atoms with E-state index in [1.54, 1.807) is 0 Å². The molecule has 5 heteroatoms. The van der Waals surface area contributed by atoms with Gasteiger partial charge in [0, 0.05) is 26.2 Å². The zero-order chi connectivity index (χ0) is 18.4. The number of ether oxygens (including phenoxy) is 1. The van der Waals surface area contributed by atoms with Crippen LogP contribution in [0.2, 0.25) is 0 Å². The smallest absolute Gasteiger partial charge is 0.337 e. The topological polar surface area (TPSA) is 53.9 Å². The molecule has 26 heavy (non-hydrogen) atoms. The molecule has 1 aliphatic heterocycles. The molecule has 2 fully saturated rings. The van der Waals surface area contributed by atoms with Gasteiger partial charge in [0.25, 0.3) is 0 Å². The van der Waals surface area contributed by atoms with Crippen LogP contribution in [0.1, 0.15) is 48.5 Å². The highest BCUT2D eigenvalue weighted by Gasteiger charge is 2.35. The number of rotatable bonds is 5. The Kier molecular flexibility index (Phi) is 6.53. The maximum atomic E-state index is 11.5. The Balaban J connectivity index is 1.56. The molecule has 1 saturated carbocycles. The maximum absolute atomic E-state index is 11.5. The van der Waals surface area contributed by atoms with Crippen LogP contribution in [0.4, 0.5) is 0 Å². The van der Waals surface area contributed by atoms with Gasteiger partial charge in [-0.05, 0) is 55.7 Å². The minimum Gasteiger partial charge on any atom is -0.465 e. The van der Waals surface area contributed by atoms with Crippen molar-refractivity contribution >= 4 is 11.9 Å². The third kappa shape index (κ3) is 4.57. The number of guanidine groups is 1. The number of fused-ring (bicyclic) bond motifs is 1. The van der Waals surface area contributed by atoms with Crippen LogP contribution in [0.25, 0.3) is 0 Å². The van der Waals surface area contributed by atoms with Crippen LogP contribution in [-0.4, -0.2) is 50.1 Å². The summed E-state index contributed by atoms with van der Waals surface area (Å²) < 4.78 is 4.74. The fourth-order valence-electron chi connectivity index (χ4n) is 4.22. The molecule has 1 aliphatic carbocycles. The molecule has 1 aromatic rings. The van der Waals surface area contributed by atoms with Crippen molar-refractivity contribution in [2.24, 2.45) is 16.8 Å². The van der Waals surface area contributed by atoms with E-state index in [9.17, 15) is 4.79 Å². The lowest BCUT2D eigenvalue weighted by molar-refractivity contribution is 0.0600. The van der Waals surface area contributed by atoms with Gasteiger partial charge in [-0.15, -0.1) is 0 Å². The molecule has 0 radical (unpaired) electrons. The molecule has 1 saturated heterocycles. The number of methoxy groups -OCH3 is 1. The molecule has 0 bridgehead atoms. The fraction of sp³-hybridized carbons (Fsp3) is 0.619. The first-order valence-corrected chi connectivity index (χ1v) is 9.91. The summed E-state index contributed by atoms with van der Waals surface area (Å²) in [5, 5.41) is 3.47. The summed E-state index contributed by atoms with van der Waals surface area (Å²) in [5.74, 6) is 2.49. The third-order valence-electron chi connectivity index (χ3n) is 5.65. The zero-order valence-corrected chi connectivity index (χ0v) is 16.0. The first kappa shape index (κ1) is 18.7. The van der Waals surface area contributed by atoms with Gasteiger partial charge in [0.15, 0.2) is 5.96 Å². The molecule has 1 N–H and O–H groups in total. The predicted octanol–water partition coefficient (Wildman–Crippen LogP) is 3.10. The second kappa shape index (κ2) is 9.06. The van der Waals surface area contributed by atoms with Gasteiger partial charge in [-0.2, -0.15) is 0 Å². The SMILES string of the molecule is CCNC(=NCCc1ccc(C(=O)OC)cc1)N1CC2CCCCC2C1. The Morgan fingerprint density at radius 3 is 2.42 bits per heavy atom. The largest absolute Gasteiger partial charge is 0.465 e. The molecule has 0 aromatic heterocycles. The molecule has 2 unspecified atom stereocenters. The lowest BCUT2D eigenvalue weighted by atomic mass is 9.82. The molecule has 2 atom stereocenters. The summed E-state index contributed by atoms with van der Waals surface area (Å²) >= 11 is 0. The van der Waals surface area contributed by atoms with E-state index >= 15 is 0 Å². The van der Waals surface area contributed by atoms with Gasteiger partial charge < -0.3 is 15.0 Å². The minimum absolute atomic E-state index is 0.292. The maximum Gasteiger partial charge on any atom is 0.337 e. The molecule has 0 spiro atoms. The molecule has 2 aliphatic rings. The van der Waals surface area contributed by atoms with E-state index in [1.807, 2.05) is 24.3 Å². The molecular formula is C21H31N3O2. The van der Waals surface area contributed by atoms with Crippen LogP contribution in [0.3, 0.4) is 0 Å². The number of aliphatic imine (C=N–C) groups is 1. The lowest BCUT2D eigenvalue weighted by Crippen LogP contribution is -2.40. The highest BCUT2D eigenvalue weighted by molar-refractivity contribution is 5.89. The number of carbonyl (C=O) groups excluding carboxylic acids is 1. The molecule has 5 nitrogen and oxygen atoms in total. The van der Waals surface area contributed by atoms with E-state index in [2.05, 4.69) is 17.1 Å². The van der Waals surface area contributed by atoms with Crippen LogP contribution in [0, 0.1) is 11.8 Å². The van der Waals surface area contributed by atoms with Gasteiger partial charge in [-0.3, -0.25) is 4.99 Å². The van der Waals surface area contributed by atoms with Gasteiger partial charge in [0.2, 0.25) is 0 Å². The summed E-state index contributed by atoms with van der Waals surface area (Å²) in [6.07, 6.45) is 6.42. The summed E-state index contributed by atoms with van der Waals surface area (Å²) in [6, 6.07) is 7.61. The zero-order valence-electron chi connectivity index (χ0n) is 16.0. The summed E-state index contributed by atoms with van der Waals surface area (Å²) in [5.41, 5.74) is 1.78. The first-order valence-electron chi connectivity index (χ1n) is 9.91. The van der Waals surface area contributed by atoms with Crippen molar-refractivity contribution in [3.8, 4) is 0 Å². The number of likely N-dealkylation sites (tertiary alicyclic amines) is 1. The van der Waals surface area contributed by atoms with Crippen LogP contribution in [0.15, 0.2) is 29.3 Å². The predicted molar refractivity (Wildman–Crippen MR) is 104 cm³/mol. The average Bonchev–Trinajstić information content (AvgIpc) is 3.11. The molecular weight excluding hydrogens is 326 g/mol. The van der Waals surface area contributed by atoms with Crippen molar-refractivity contribution in [1.82, 2.24) is 10.2 Å². The number of hydrogen-bond donors (Lipinski definition) is 1. The van der Waals surface area contributed by atoms with Crippen molar-refractivity contribution < 1.29 is 9.53 Å². The third-order valence-corrected chi connectivity index (χ3v) is 5.65. The lowest BCUT2D eigenvalue weighted by Gasteiger charge is -2.22. The van der Waals surface area contributed by atoms with E-state index in [1.165, 1.54) is 38.4 Å². The van der Waals surface area contributed by atoms with Crippen molar-refractivity contribution in [2.45, 2.75) is 39.0 Å². The highest BCUT2D eigenvalue weighted by atomic mass is 16.5. The van der Waals surface area contributed by atoms with Gasteiger partial charge in [-0.1, -0.05) is 25.0 Å². The average molecular weight is 357 g/mol. The summed E-state index contributed by atoms with van der Waals surface area (Å²) in [7, 11) is 1.40. The molecule has 3 rings (SSSR count). The van der Waals surface area contributed by atoms with E-state index in [-0.39, 0.29) is 5.97 Å². The Labute approximate surface area is 156 Å². The second-order valence-electron chi connectivity index (χ2n) is 7.38. The van der Waals surface area contributed by atoms with Gasteiger partial charge >= 0.3 is 5.97 Å². The molecule has 0 amide bonds. The number of esters is 1. The first-order chi connectivity index (χ1) is 12.7. The van der Waals surface area contributed by atoms with Crippen LogP contribution < -0.4 is 5.32 Å². The Hall–Kier alpha value is -2.04. The van der Waals surface area contributed by atoms with Gasteiger partial charge in [0.05, 0.1) is 12.7 Å². The van der Waals surface area contributed by atoms with Gasteiger partial charge in [0.1, 0.15) is 0 Å². The second-order valence-corrected chi connectivity index (χ2v) is 7.38. The quantitative estimate of drug-likeness (QED) is 0.500. The highest BCUT2D eigenvalue weighted by Crippen LogP contribution is 2.35. The Bertz CT molecular complexity index is 613. The standard InChI is InChI=1S/C21H31N3O2/c1-3-22-21(24-14-18-6-4-5-7-19(18)15-24)23-13-12-16-8-10-17(11-9-16)20(25)26-2/h8-11,18-19H,3-7,12-15H2,1-2H3,(H,22,23). The van der Waals surface area contributed by atoms with Crippen molar-refractivity contribution in [3.05, 3.63) is 35.4 Å². The van der Waals surface area contributed by atoms with E-state index < -0.39 is 0 Å². The van der Waals surface area contributed by atoms with E-state index in [4.69, 9.17) is 9.73 Å². The number of nitrogens with zero attached hydrogens (tertiary/aromatic N) is 2. The molecule has 1 aromatic carbocycles.